The lowest BCUT2D eigenvalue weighted by atomic mass is 10.1. The van der Waals surface area contributed by atoms with Gasteiger partial charge in [-0.05, 0) is 31.3 Å². The van der Waals surface area contributed by atoms with Crippen LogP contribution >= 0.6 is 11.6 Å². The van der Waals surface area contributed by atoms with Crippen LogP contribution in [0.25, 0.3) is 11.3 Å². The van der Waals surface area contributed by atoms with Crippen LogP contribution in [0.15, 0.2) is 28.7 Å². The van der Waals surface area contributed by atoms with Crippen LogP contribution in [0.4, 0.5) is 8.78 Å². The second-order valence-electron chi connectivity index (χ2n) is 3.54. The molecule has 2 aromatic rings. The molecule has 5 heteroatoms. The van der Waals surface area contributed by atoms with E-state index in [2.05, 4.69) is 5.32 Å². The first-order valence-electron chi connectivity index (χ1n) is 5.00. The highest BCUT2D eigenvalue weighted by Crippen LogP contribution is 2.31. The zero-order chi connectivity index (χ0) is 12.4. The van der Waals surface area contributed by atoms with E-state index in [9.17, 15) is 8.78 Å². The van der Waals surface area contributed by atoms with Crippen LogP contribution in [0.2, 0.25) is 5.02 Å². The van der Waals surface area contributed by atoms with E-state index in [4.69, 9.17) is 16.0 Å². The minimum atomic E-state index is -0.972. The van der Waals surface area contributed by atoms with Crippen LogP contribution in [0.3, 0.4) is 0 Å². The Morgan fingerprint density at radius 3 is 2.65 bits per heavy atom. The fourth-order valence-corrected chi connectivity index (χ4v) is 1.75. The minimum absolute atomic E-state index is 0.120. The molecule has 90 valence electrons. The zero-order valence-corrected chi connectivity index (χ0v) is 9.81. The lowest BCUT2D eigenvalue weighted by molar-refractivity contribution is 0.499. The number of hydrogen-bond acceptors (Lipinski definition) is 2. The van der Waals surface area contributed by atoms with Gasteiger partial charge in [0, 0.05) is 5.56 Å². The average Bonchev–Trinajstić information content (AvgIpc) is 2.72. The molecule has 1 N–H and O–H groups in total. The first-order valence-corrected chi connectivity index (χ1v) is 5.38. The highest BCUT2D eigenvalue weighted by atomic mass is 35.5. The molecular weight excluding hydrogens is 248 g/mol. The fraction of sp³-hybridized carbons (Fsp3) is 0.167. The Kier molecular flexibility index (Phi) is 3.45. The molecule has 0 unspecified atom stereocenters. The lowest BCUT2D eigenvalue weighted by Crippen LogP contribution is -2.03. The number of benzene rings is 1. The van der Waals surface area contributed by atoms with E-state index in [-0.39, 0.29) is 5.02 Å². The Balaban J connectivity index is 2.41. The predicted octanol–water partition coefficient (Wildman–Crippen LogP) is 3.60. The summed E-state index contributed by atoms with van der Waals surface area (Å²) < 4.78 is 31.5. The molecule has 2 nitrogen and oxygen atoms in total. The van der Waals surface area contributed by atoms with Crippen molar-refractivity contribution in [3.05, 3.63) is 46.7 Å². The number of rotatable bonds is 3. The third-order valence-electron chi connectivity index (χ3n) is 2.29. The molecule has 1 aromatic carbocycles. The molecule has 0 saturated heterocycles. The minimum Gasteiger partial charge on any atom is -0.460 e. The van der Waals surface area contributed by atoms with Crippen molar-refractivity contribution in [1.29, 1.82) is 0 Å². The zero-order valence-electron chi connectivity index (χ0n) is 9.06. The Bertz CT molecular complexity index is 539. The topological polar surface area (TPSA) is 25.2 Å². The normalized spacial score (nSPS) is 10.8. The molecule has 2 rings (SSSR count). The van der Waals surface area contributed by atoms with Crippen LogP contribution in [-0.2, 0) is 6.54 Å². The van der Waals surface area contributed by atoms with Gasteiger partial charge in [-0.1, -0.05) is 11.6 Å². The second-order valence-corrected chi connectivity index (χ2v) is 3.95. The maximum absolute atomic E-state index is 13.1. The lowest BCUT2D eigenvalue weighted by Gasteiger charge is -2.02. The molecule has 0 aliphatic carbocycles. The molecule has 17 heavy (non-hydrogen) atoms. The van der Waals surface area contributed by atoms with Crippen molar-refractivity contribution in [3.63, 3.8) is 0 Å². The van der Waals surface area contributed by atoms with Crippen molar-refractivity contribution in [2.75, 3.05) is 7.05 Å². The van der Waals surface area contributed by atoms with Crippen molar-refractivity contribution in [1.82, 2.24) is 5.32 Å². The Hall–Kier alpha value is -1.39. The van der Waals surface area contributed by atoms with Gasteiger partial charge < -0.3 is 9.73 Å². The third-order valence-corrected chi connectivity index (χ3v) is 2.60. The van der Waals surface area contributed by atoms with Gasteiger partial charge in [0.1, 0.15) is 11.5 Å². The Morgan fingerprint density at radius 1 is 1.24 bits per heavy atom. The van der Waals surface area contributed by atoms with Crippen LogP contribution in [-0.4, -0.2) is 7.05 Å². The maximum atomic E-state index is 13.1. The summed E-state index contributed by atoms with van der Waals surface area (Å²) in [5, 5.41) is 3.04. The van der Waals surface area contributed by atoms with Gasteiger partial charge >= 0.3 is 0 Å². The van der Waals surface area contributed by atoms with Crippen LogP contribution in [0.1, 0.15) is 5.76 Å². The van der Waals surface area contributed by atoms with E-state index in [0.29, 0.717) is 23.6 Å². The fourth-order valence-electron chi connectivity index (χ4n) is 1.50. The van der Waals surface area contributed by atoms with E-state index in [1.54, 1.807) is 19.2 Å². The molecule has 0 fully saturated rings. The van der Waals surface area contributed by atoms with Crippen LogP contribution in [0.5, 0.6) is 0 Å². The highest BCUT2D eigenvalue weighted by molar-refractivity contribution is 6.33. The van der Waals surface area contributed by atoms with E-state index in [0.717, 1.165) is 12.1 Å². The van der Waals surface area contributed by atoms with Gasteiger partial charge in [-0.3, -0.25) is 0 Å². The number of hydrogen-bond donors (Lipinski definition) is 1. The largest absolute Gasteiger partial charge is 0.460 e. The predicted molar refractivity (Wildman–Crippen MR) is 61.8 cm³/mol. The number of halogens is 3. The molecule has 0 aliphatic heterocycles. The summed E-state index contributed by atoms with van der Waals surface area (Å²) in [4.78, 5) is 0. The second kappa shape index (κ2) is 4.85. The van der Waals surface area contributed by atoms with Gasteiger partial charge in [0.2, 0.25) is 0 Å². The van der Waals surface area contributed by atoms with Gasteiger partial charge in [-0.2, -0.15) is 0 Å². The van der Waals surface area contributed by atoms with E-state index >= 15 is 0 Å². The van der Waals surface area contributed by atoms with Gasteiger partial charge in [0.05, 0.1) is 11.6 Å². The molecule has 0 atom stereocenters. The summed E-state index contributed by atoms with van der Waals surface area (Å²) >= 11 is 5.84. The van der Waals surface area contributed by atoms with Crippen molar-refractivity contribution >= 4 is 11.6 Å². The monoisotopic (exact) mass is 257 g/mol. The quantitative estimate of drug-likeness (QED) is 0.850. The molecule has 0 amide bonds. The molecule has 0 aliphatic rings. The van der Waals surface area contributed by atoms with Gasteiger partial charge in [0.25, 0.3) is 0 Å². The average molecular weight is 258 g/mol. The summed E-state index contributed by atoms with van der Waals surface area (Å²) in [5.74, 6) is -0.806. The standard InChI is InChI=1S/C12H10ClF2NO/c1-16-6-7-2-3-12(17-7)8-4-10(14)11(15)5-9(8)13/h2-5,16H,6H2,1H3. The van der Waals surface area contributed by atoms with Gasteiger partial charge in [-0.25, -0.2) is 8.78 Å². The van der Waals surface area contributed by atoms with Crippen molar-refractivity contribution in [2.45, 2.75) is 6.54 Å². The van der Waals surface area contributed by atoms with E-state index in [1.807, 2.05) is 0 Å². The molecule has 1 heterocycles. The Morgan fingerprint density at radius 2 is 1.94 bits per heavy atom. The van der Waals surface area contributed by atoms with Gasteiger partial charge in [-0.15, -0.1) is 0 Å². The summed E-state index contributed by atoms with van der Waals surface area (Å²) in [5.41, 5.74) is 0.341. The van der Waals surface area contributed by atoms with Crippen molar-refractivity contribution < 1.29 is 13.2 Å². The summed E-state index contributed by atoms with van der Waals surface area (Å²) in [6, 6.07) is 5.39. The molecule has 0 radical (unpaired) electrons. The van der Waals surface area contributed by atoms with E-state index < -0.39 is 11.6 Å². The molecular formula is C12H10ClF2NO. The SMILES string of the molecule is CNCc1ccc(-c2cc(F)c(F)cc2Cl)o1. The van der Waals surface area contributed by atoms with Crippen molar-refractivity contribution in [3.8, 4) is 11.3 Å². The van der Waals surface area contributed by atoms with E-state index in [1.165, 1.54) is 0 Å². The first-order chi connectivity index (χ1) is 8.11. The molecule has 0 bridgehead atoms. The molecule has 0 spiro atoms. The summed E-state index contributed by atoms with van der Waals surface area (Å²) in [7, 11) is 1.78. The molecule has 1 aromatic heterocycles. The first kappa shape index (κ1) is 12.1. The van der Waals surface area contributed by atoms with Crippen LogP contribution in [0, 0.1) is 11.6 Å². The third kappa shape index (κ3) is 2.48. The maximum Gasteiger partial charge on any atom is 0.160 e. The molecule has 0 saturated carbocycles. The number of nitrogens with one attached hydrogen (secondary N) is 1. The Labute approximate surface area is 102 Å². The van der Waals surface area contributed by atoms with Gasteiger partial charge in [0.15, 0.2) is 11.6 Å². The summed E-state index contributed by atoms with van der Waals surface area (Å²) in [6.07, 6.45) is 0. The summed E-state index contributed by atoms with van der Waals surface area (Å²) in [6.45, 7) is 0.557. The van der Waals surface area contributed by atoms with Crippen molar-refractivity contribution in [2.24, 2.45) is 0 Å². The smallest absolute Gasteiger partial charge is 0.160 e. The van der Waals surface area contributed by atoms with Crippen LogP contribution < -0.4 is 5.32 Å². The highest BCUT2D eigenvalue weighted by Gasteiger charge is 2.13. The number of furan rings is 1.